The number of pyridine rings is 1. The van der Waals surface area contributed by atoms with E-state index in [-0.39, 0.29) is 12.0 Å². The van der Waals surface area contributed by atoms with Crippen LogP contribution < -0.4 is 0 Å². The molecule has 5 aromatic rings. The Morgan fingerprint density at radius 3 is 2.45 bits per heavy atom. The molecule has 0 spiro atoms. The van der Waals surface area contributed by atoms with E-state index < -0.39 is 0 Å². The Balaban J connectivity index is 1.36. The van der Waals surface area contributed by atoms with Gasteiger partial charge in [-0.05, 0) is 60.4 Å². The van der Waals surface area contributed by atoms with Crippen molar-refractivity contribution in [1.29, 1.82) is 0 Å². The highest BCUT2D eigenvalue weighted by molar-refractivity contribution is 6.14. The lowest BCUT2D eigenvalue weighted by Crippen LogP contribution is -2.27. The summed E-state index contributed by atoms with van der Waals surface area (Å²) in [5, 5.41) is 2.02. The third kappa shape index (κ3) is 4.04. The fourth-order valence-corrected chi connectivity index (χ4v) is 6.24. The maximum Gasteiger partial charge on any atom is 0.227 e. The quantitative estimate of drug-likeness (QED) is 0.240. The molecule has 0 bridgehead atoms. The maximum absolute atomic E-state index is 6.36. The molecule has 7 rings (SSSR count). The first-order valence-corrected chi connectivity index (χ1v) is 13.7. The molecule has 0 radical (unpaired) electrons. The number of furan rings is 1. The van der Waals surface area contributed by atoms with Crippen molar-refractivity contribution in [2.75, 3.05) is 0 Å². The molecule has 0 N–H and O–H groups in total. The Morgan fingerprint density at radius 2 is 1.62 bits per heavy atom. The summed E-state index contributed by atoms with van der Waals surface area (Å²) in [5.41, 5.74) is 10.7. The van der Waals surface area contributed by atoms with E-state index in [1.165, 1.54) is 16.7 Å². The third-order valence-corrected chi connectivity index (χ3v) is 8.15. The van der Waals surface area contributed by atoms with Crippen LogP contribution in [0.25, 0.3) is 33.3 Å². The fourth-order valence-electron chi connectivity index (χ4n) is 6.24. The van der Waals surface area contributed by atoms with Gasteiger partial charge in [0.25, 0.3) is 0 Å². The van der Waals surface area contributed by atoms with Crippen LogP contribution in [0.2, 0.25) is 0 Å². The minimum Gasteiger partial charge on any atom is -0.438 e. The van der Waals surface area contributed by atoms with E-state index in [0.29, 0.717) is 12.1 Å². The monoisotopic (exact) mass is 519 g/mol. The van der Waals surface area contributed by atoms with E-state index in [1.54, 1.807) is 0 Å². The second kappa shape index (κ2) is 9.73. The van der Waals surface area contributed by atoms with Crippen molar-refractivity contribution in [3.63, 3.8) is 0 Å². The number of aryl methyl sites for hydroxylation is 1. The van der Waals surface area contributed by atoms with Gasteiger partial charge in [-0.1, -0.05) is 74.3 Å². The van der Waals surface area contributed by atoms with Gasteiger partial charge in [-0.15, -0.1) is 0 Å². The molecule has 2 atom stereocenters. The van der Waals surface area contributed by atoms with Gasteiger partial charge in [-0.25, -0.2) is 4.98 Å². The standard InChI is InChI=1S/C36H29N3O/c1-4-31-26-14-10-9-13-25(26)27-16-15-24-20-35-30(21-29(24)32(5-2)37-22(3)19-34(27)38-31)28-17-18-33(39-36(28)40-35)23-11-7-6-8-12-23/h4-14,17-18,20-21,27,34H,1-3,15-16,19H2. The van der Waals surface area contributed by atoms with Crippen LogP contribution in [0.5, 0.6) is 0 Å². The second-order valence-electron chi connectivity index (χ2n) is 10.5. The SMILES string of the molecule is C=CC1=NC(=C)CC2N=C(C=C)c3ccccc3C2CCc2cc3oc4nc(-c5ccccc5)ccc4c3cc21. The summed E-state index contributed by atoms with van der Waals surface area (Å²) in [7, 11) is 0. The Labute approximate surface area is 233 Å². The zero-order chi connectivity index (χ0) is 27.2. The smallest absolute Gasteiger partial charge is 0.227 e. The molecule has 3 aromatic carbocycles. The van der Waals surface area contributed by atoms with Crippen LogP contribution in [0.4, 0.5) is 0 Å². The highest BCUT2D eigenvalue weighted by Gasteiger charge is 2.31. The number of hydrogen-bond donors (Lipinski definition) is 0. The van der Waals surface area contributed by atoms with Crippen molar-refractivity contribution in [2.24, 2.45) is 9.98 Å². The molecule has 0 saturated heterocycles. The molecule has 0 fully saturated rings. The number of hydrogen-bond acceptors (Lipinski definition) is 4. The van der Waals surface area contributed by atoms with Gasteiger partial charge in [0.1, 0.15) is 5.58 Å². The van der Waals surface area contributed by atoms with E-state index in [9.17, 15) is 0 Å². The van der Waals surface area contributed by atoms with Gasteiger partial charge in [-0.2, -0.15) is 0 Å². The average Bonchev–Trinajstić information content (AvgIpc) is 3.35. The van der Waals surface area contributed by atoms with Gasteiger partial charge in [0, 0.05) is 45.5 Å². The molecule has 4 heteroatoms. The molecular weight excluding hydrogens is 490 g/mol. The van der Waals surface area contributed by atoms with Crippen molar-refractivity contribution >= 4 is 33.5 Å². The van der Waals surface area contributed by atoms with Gasteiger partial charge in [0.15, 0.2) is 0 Å². The minimum atomic E-state index is 0.0577. The van der Waals surface area contributed by atoms with E-state index in [4.69, 9.17) is 19.4 Å². The molecule has 194 valence electrons. The van der Waals surface area contributed by atoms with Crippen LogP contribution in [0.15, 0.2) is 131 Å². The van der Waals surface area contributed by atoms with Crippen molar-refractivity contribution < 1.29 is 4.42 Å². The molecule has 0 aliphatic carbocycles. The van der Waals surface area contributed by atoms with Gasteiger partial charge in [0.2, 0.25) is 5.71 Å². The minimum absolute atomic E-state index is 0.0577. The van der Waals surface area contributed by atoms with E-state index in [2.05, 4.69) is 80.4 Å². The summed E-state index contributed by atoms with van der Waals surface area (Å²) in [5.74, 6) is 0.256. The molecule has 0 amide bonds. The van der Waals surface area contributed by atoms with Gasteiger partial charge in [-0.3, -0.25) is 9.98 Å². The number of nitrogens with zero attached hydrogens (tertiary/aromatic N) is 3. The first-order valence-electron chi connectivity index (χ1n) is 13.7. The second-order valence-corrected chi connectivity index (χ2v) is 10.5. The predicted octanol–water partition coefficient (Wildman–Crippen LogP) is 8.61. The van der Waals surface area contributed by atoms with Crippen molar-refractivity contribution in [3.05, 3.63) is 139 Å². The highest BCUT2D eigenvalue weighted by atomic mass is 16.3. The number of benzene rings is 3. The van der Waals surface area contributed by atoms with Crippen LogP contribution >= 0.6 is 0 Å². The predicted molar refractivity (Wildman–Crippen MR) is 165 cm³/mol. The highest BCUT2D eigenvalue weighted by Crippen LogP contribution is 2.39. The average molecular weight is 520 g/mol. The number of fused-ring (bicyclic) bond motifs is 7. The lowest BCUT2D eigenvalue weighted by atomic mass is 9.78. The summed E-state index contributed by atoms with van der Waals surface area (Å²) in [6.45, 7) is 12.5. The molecule has 4 nitrogen and oxygen atoms in total. The molecular formula is C36H29N3O. The van der Waals surface area contributed by atoms with Crippen LogP contribution in [-0.4, -0.2) is 22.4 Å². The first kappa shape index (κ1) is 24.2. The number of allylic oxidation sites excluding steroid dienone is 2. The van der Waals surface area contributed by atoms with E-state index >= 15 is 0 Å². The summed E-state index contributed by atoms with van der Waals surface area (Å²) in [6, 6.07) is 27.3. The van der Waals surface area contributed by atoms with Crippen LogP contribution in [-0.2, 0) is 6.42 Å². The Hall–Kier alpha value is -4.83. The Morgan fingerprint density at radius 1 is 0.825 bits per heavy atom. The lowest BCUT2D eigenvalue weighted by molar-refractivity contribution is 0.490. The van der Waals surface area contributed by atoms with Crippen molar-refractivity contribution in [1.82, 2.24) is 4.98 Å². The van der Waals surface area contributed by atoms with Crippen LogP contribution in [0, 0.1) is 0 Å². The molecule has 2 aliphatic rings. The summed E-state index contributed by atoms with van der Waals surface area (Å²) in [6.07, 6.45) is 6.19. The third-order valence-electron chi connectivity index (χ3n) is 8.15. The van der Waals surface area contributed by atoms with Crippen LogP contribution in [0.3, 0.4) is 0 Å². The summed E-state index contributed by atoms with van der Waals surface area (Å²) >= 11 is 0. The van der Waals surface area contributed by atoms with Gasteiger partial charge < -0.3 is 4.42 Å². The van der Waals surface area contributed by atoms with E-state index in [0.717, 1.165) is 63.1 Å². The molecule has 40 heavy (non-hydrogen) atoms. The van der Waals surface area contributed by atoms with Crippen molar-refractivity contribution in [2.45, 2.75) is 31.2 Å². The normalized spacial score (nSPS) is 18.8. The summed E-state index contributed by atoms with van der Waals surface area (Å²) in [4.78, 5) is 15.0. The lowest BCUT2D eigenvalue weighted by Gasteiger charge is -2.32. The fraction of sp³-hybridized carbons (Fsp3) is 0.139. The van der Waals surface area contributed by atoms with Crippen LogP contribution in [0.1, 0.15) is 41.0 Å². The Kier molecular flexibility index (Phi) is 5.89. The molecule has 2 aliphatic heterocycles. The maximum atomic E-state index is 6.36. The zero-order valence-electron chi connectivity index (χ0n) is 22.3. The van der Waals surface area contributed by atoms with Crippen molar-refractivity contribution in [3.8, 4) is 11.3 Å². The van der Waals surface area contributed by atoms with Gasteiger partial charge in [0.05, 0.1) is 23.2 Å². The zero-order valence-corrected chi connectivity index (χ0v) is 22.3. The number of aliphatic imine (C=N–C) groups is 2. The largest absolute Gasteiger partial charge is 0.438 e. The summed E-state index contributed by atoms with van der Waals surface area (Å²) < 4.78 is 6.36. The molecule has 4 heterocycles. The number of rotatable bonds is 3. The molecule has 2 unspecified atom stereocenters. The van der Waals surface area contributed by atoms with Gasteiger partial charge >= 0.3 is 0 Å². The molecule has 2 aromatic heterocycles. The number of aromatic nitrogens is 1. The van der Waals surface area contributed by atoms with E-state index in [1.807, 2.05) is 30.4 Å². The molecule has 0 saturated carbocycles. The first-order chi connectivity index (χ1) is 19.6. The topological polar surface area (TPSA) is 50.8 Å². The Bertz CT molecular complexity index is 1890.